The molecule has 21 heavy (non-hydrogen) atoms. The van der Waals surface area contributed by atoms with Crippen molar-refractivity contribution in [1.82, 2.24) is 9.88 Å². The molecule has 1 aliphatic rings. The highest BCUT2D eigenvalue weighted by Crippen LogP contribution is 2.32. The molecule has 0 saturated carbocycles. The quantitative estimate of drug-likeness (QED) is 0.943. The standard InChI is InChI=1S/C16H18N2O2S/c19-16(20)12-4-3-8-18(10-12)15(13-6-9-21-11-13)14-5-1-2-7-17-14/h1-2,5-7,9,11-12,15H,3-4,8,10H2,(H,19,20). The van der Waals surface area contributed by atoms with E-state index in [9.17, 15) is 9.90 Å². The lowest BCUT2D eigenvalue weighted by Gasteiger charge is -2.36. The summed E-state index contributed by atoms with van der Waals surface area (Å²) in [6.07, 6.45) is 3.49. The molecule has 2 atom stereocenters. The van der Waals surface area contributed by atoms with Gasteiger partial charge in [-0.2, -0.15) is 11.3 Å². The van der Waals surface area contributed by atoms with Crippen molar-refractivity contribution in [2.45, 2.75) is 18.9 Å². The number of hydrogen-bond acceptors (Lipinski definition) is 4. The van der Waals surface area contributed by atoms with Crippen molar-refractivity contribution in [2.24, 2.45) is 5.92 Å². The summed E-state index contributed by atoms with van der Waals surface area (Å²) in [4.78, 5) is 18.1. The fraction of sp³-hybridized carbons (Fsp3) is 0.375. The number of thiophene rings is 1. The summed E-state index contributed by atoms with van der Waals surface area (Å²) < 4.78 is 0. The van der Waals surface area contributed by atoms with Crippen LogP contribution in [0.3, 0.4) is 0 Å². The highest BCUT2D eigenvalue weighted by atomic mass is 32.1. The molecule has 3 rings (SSSR count). The Kier molecular flexibility index (Phi) is 4.31. The summed E-state index contributed by atoms with van der Waals surface area (Å²) in [7, 11) is 0. The zero-order valence-electron chi connectivity index (χ0n) is 11.7. The maximum absolute atomic E-state index is 11.3. The number of nitrogens with zero attached hydrogens (tertiary/aromatic N) is 2. The van der Waals surface area contributed by atoms with Crippen molar-refractivity contribution < 1.29 is 9.90 Å². The lowest BCUT2D eigenvalue weighted by Crippen LogP contribution is -2.41. The van der Waals surface area contributed by atoms with E-state index in [0.717, 1.165) is 25.1 Å². The van der Waals surface area contributed by atoms with Crippen molar-refractivity contribution in [3.63, 3.8) is 0 Å². The molecule has 3 heterocycles. The predicted molar refractivity (Wildman–Crippen MR) is 82.3 cm³/mol. The van der Waals surface area contributed by atoms with Crippen LogP contribution in [0.1, 0.15) is 30.1 Å². The van der Waals surface area contributed by atoms with Gasteiger partial charge in [0.15, 0.2) is 0 Å². The molecule has 1 N–H and O–H groups in total. The van der Waals surface area contributed by atoms with Crippen LogP contribution in [0.4, 0.5) is 0 Å². The molecule has 0 bridgehead atoms. The Bertz CT molecular complexity index is 586. The van der Waals surface area contributed by atoms with E-state index in [-0.39, 0.29) is 12.0 Å². The van der Waals surface area contributed by atoms with Gasteiger partial charge in [0, 0.05) is 12.7 Å². The molecule has 2 aromatic heterocycles. The number of hydrogen-bond donors (Lipinski definition) is 1. The van der Waals surface area contributed by atoms with Gasteiger partial charge in [0.05, 0.1) is 17.7 Å². The first-order valence-electron chi connectivity index (χ1n) is 7.15. The fourth-order valence-electron chi connectivity index (χ4n) is 2.98. The van der Waals surface area contributed by atoms with E-state index in [0.29, 0.717) is 6.54 Å². The van der Waals surface area contributed by atoms with Crippen LogP contribution in [0.5, 0.6) is 0 Å². The minimum atomic E-state index is -0.690. The number of pyridine rings is 1. The van der Waals surface area contributed by atoms with Crippen LogP contribution in [0.2, 0.25) is 0 Å². The van der Waals surface area contributed by atoms with Crippen molar-refractivity contribution in [3.8, 4) is 0 Å². The van der Waals surface area contributed by atoms with Gasteiger partial charge in [-0.25, -0.2) is 0 Å². The van der Waals surface area contributed by atoms with Gasteiger partial charge in [-0.1, -0.05) is 6.07 Å². The topological polar surface area (TPSA) is 53.4 Å². The van der Waals surface area contributed by atoms with Gasteiger partial charge in [-0.15, -0.1) is 0 Å². The second-order valence-electron chi connectivity index (χ2n) is 5.39. The van der Waals surface area contributed by atoms with E-state index in [4.69, 9.17) is 0 Å². The number of aromatic nitrogens is 1. The van der Waals surface area contributed by atoms with Crippen LogP contribution >= 0.6 is 11.3 Å². The zero-order chi connectivity index (χ0) is 14.7. The Hall–Kier alpha value is -1.72. The monoisotopic (exact) mass is 302 g/mol. The molecule has 0 spiro atoms. The summed E-state index contributed by atoms with van der Waals surface area (Å²) >= 11 is 1.66. The minimum Gasteiger partial charge on any atom is -0.481 e. The molecule has 110 valence electrons. The van der Waals surface area contributed by atoms with E-state index in [1.807, 2.05) is 18.2 Å². The normalized spacial score (nSPS) is 21.0. The van der Waals surface area contributed by atoms with Crippen LogP contribution in [0.15, 0.2) is 41.2 Å². The minimum absolute atomic E-state index is 0.0552. The Labute approximate surface area is 128 Å². The Balaban J connectivity index is 1.91. The maximum Gasteiger partial charge on any atom is 0.307 e. The molecule has 0 amide bonds. The molecule has 4 nitrogen and oxygen atoms in total. The fourth-order valence-corrected chi connectivity index (χ4v) is 3.66. The molecule has 2 aromatic rings. The molecular weight excluding hydrogens is 284 g/mol. The van der Waals surface area contributed by atoms with Crippen LogP contribution < -0.4 is 0 Å². The van der Waals surface area contributed by atoms with Gasteiger partial charge < -0.3 is 5.11 Å². The summed E-state index contributed by atoms with van der Waals surface area (Å²) in [6.45, 7) is 1.51. The number of likely N-dealkylation sites (tertiary alicyclic amines) is 1. The van der Waals surface area contributed by atoms with Crippen LogP contribution in [0.25, 0.3) is 0 Å². The largest absolute Gasteiger partial charge is 0.481 e. The molecule has 2 unspecified atom stereocenters. The highest BCUT2D eigenvalue weighted by Gasteiger charge is 2.31. The number of rotatable bonds is 4. The second kappa shape index (κ2) is 6.37. The summed E-state index contributed by atoms with van der Waals surface area (Å²) in [6, 6.07) is 8.07. The van der Waals surface area contributed by atoms with Crippen molar-refractivity contribution in [2.75, 3.05) is 13.1 Å². The summed E-state index contributed by atoms with van der Waals surface area (Å²) in [5.41, 5.74) is 2.19. The van der Waals surface area contributed by atoms with Gasteiger partial charge in [0.1, 0.15) is 0 Å². The summed E-state index contributed by atoms with van der Waals surface area (Å²) in [5, 5.41) is 13.5. The first-order chi connectivity index (χ1) is 10.3. The molecule has 1 saturated heterocycles. The van der Waals surface area contributed by atoms with E-state index in [1.165, 1.54) is 5.56 Å². The van der Waals surface area contributed by atoms with E-state index in [2.05, 4.69) is 26.7 Å². The molecule has 0 aromatic carbocycles. The van der Waals surface area contributed by atoms with Crippen molar-refractivity contribution in [3.05, 3.63) is 52.5 Å². The van der Waals surface area contributed by atoms with E-state index < -0.39 is 5.97 Å². The smallest absolute Gasteiger partial charge is 0.307 e. The maximum atomic E-state index is 11.3. The Morgan fingerprint density at radius 3 is 3.00 bits per heavy atom. The van der Waals surface area contributed by atoms with Gasteiger partial charge in [0.25, 0.3) is 0 Å². The molecule has 0 aliphatic carbocycles. The number of carboxylic acids is 1. The van der Waals surface area contributed by atoms with E-state index in [1.54, 1.807) is 17.5 Å². The predicted octanol–water partition coefficient (Wildman–Crippen LogP) is 3.03. The molecular formula is C16H18N2O2S. The van der Waals surface area contributed by atoms with Crippen LogP contribution in [0, 0.1) is 5.92 Å². The molecule has 0 radical (unpaired) electrons. The van der Waals surface area contributed by atoms with Crippen LogP contribution in [-0.4, -0.2) is 34.0 Å². The molecule has 5 heteroatoms. The van der Waals surface area contributed by atoms with Gasteiger partial charge in [0.2, 0.25) is 0 Å². The number of carboxylic acid groups (broad SMARTS) is 1. The highest BCUT2D eigenvalue weighted by molar-refractivity contribution is 7.08. The zero-order valence-corrected chi connectivity index (χ0v) is 12.5. The third kappa shape index (κ3) is 3.14. The number of aliphatic carboxylic acids is 1. The molecule has 1 aliphatic heterocycles. The van der Waals surface area contributed by atoms with Gasteiger partial charge >= 0.3 is 5.97 Å². The second-order valence-corrected chi connectivity index (χ2v) is 6.17. The molecule has 1 fully saturated rings. The lowest BCUT2D eigenvalue weighted by atomic mass is 9.94. The Morgan fingerprint density at radius 1 is 1.43 bits per heavy atom. The third-order valence-electron chi connectivity index (χ3n) is 3.99. The Morgan fingerprint density at radius 2 is 2.33 bits per heavy atom. The van der Waals surface area contributed by atoms with Crippen LogP contribution in [-0.2, 0) is 4.79 Å². The first kappa shape index (κ1) is 14.2. The SMILES string of the molecule is O=C(O)C1CCCN(C(c2ccsc2)c2ccccn2)C1. The average Bonchev–Trinajstić information content (AvgIpc) is 3.03. The number of piperidine rings is 1. The first-order valence-corrected chi connectivity index (χ1v) is 8.10. The number of carbonyl (C=O) groups is 1. The van der Waals surface area contributed by atoms with Gasteiger partial charge in [-0.05, 0) is 53.9 Å². The van der Waals surface area contributed by atoms with E-state index >= 15 is 0 Å². The van der Waals surface area contributed by atoms with Crippen molar-refractivity contribution >= 4 is 17.3 Å². The average molecular weight is 302 g/mol. The summed E-state index contributed by atoms with van der Waals surface area (Å²) in [5.74, 6) is -0.964. The van der Waals surface area contributed by atoms with Crippen molar-refractivity contribution in [1.29, 1.82) is 0 Å². The lowest BCUT2D eigenvalue weighted by molar-refractivity contribution is -0.143. The third-order valence-corrected chi connectivity index (χ3v) is 4.70. The van der Waals surface area contributed by atoms with Gasteiger partial charge in [-0.3, -0.25) is 14.7 Å².